The molecule has 1 aromatic rings. The van der Waals surface area contributed by atoms with Crippen LogP contribution in [0.3, 0.4) is 0 Å². The summed E-state index contributed by atoms with van der Waals surface area (Å²) < 4.78 is 32.1. The Hall–Kier alpha value is -1.64. The molecule has 0 saturated heterocycles. The number of rotatable bonds is 4. The summed E-state index contributed by atoms with van der Waals surface area (Å²) in [6.07, 6.45) is 1.24. The number of hydrogen-bond acceptors (Lipinski definition) is 5. The lowest BCUT2D eigenvalue weighted by atomic mass is 10.2. The first kappa shape index (κ1) is 13.3. The highest BCUT2D eigenvalue weighted by Gasteiger charge is 2.45. The number of amides is 1. The smallest absolute Gasteiger partial charge is 0.262 e. The molecule has 0 unspecified atom stereocenters. The Balaban J connectivity index is 1.90. The number of hydrogen-bond donors (Lipinski definition) is 3. The molecule has 3 rings (SSSR count). The van der Waals surface area contributed by atoms with E-state index in [2.05, 4.69) is 10.0 Å². The first-order valence-corrected chi connectivity index (χ1v) is 7.64. The lowest BCUT2D eigenvalue weighted by Crippen LogP contribution is -2.39. The van der Waals surface area contributed by atoms with Crippen molar-refractivity contribution in [3.05, 3.63) is 18.2 Å². The number of carbonyl (C=O) groups is 1. The maximum absolute atomic E-state index is 12.2. The fourth-order valence-electron chi connectivity index (χ4n) is 2.02. The molecule has 0 atom stereocenters. The van der Waals surface area contributed by atoms with Gasteiger partial charge in [-0.2, -0.15) is 0 Å². The van der Waals surface area contributed by atoms with Crippen molar-refractivity contribution in [2.75, 3.05) is 18.5 Å². The van der Waals surface area contributed by atoms with E-state index in [1.807, 2.05) is 0 Å². The van der Waals surface area contributed by atoms with Gasteiger partial charge >= 0.3 is 0 Å². The number of nitrogens with one attached hydrogen (secondary N) is 2. The number of sulfonamides is 1. The lowest BCUT2D eigenvalue weighted by molar-refractivity contribution is -0.118. The molecule has 0 aromatic heterocycles. The Morgan fingerprint density at radius 3 is 2.80 bits per heavy atom. The van der Waals surface area contributed by atoms with Gasteiger partial charge in [0.05, 0.1) is 22.7 Å². The van der Waals surface area contributed by atoms with Gasteiger partial charge in [-0.1, -0.05) is 0 Å². The monoisotopic (exact) mass is 298 g/mol. The fraction of sp³-hybridized carbons (Fsp3) is 0.417. The summed E-state index contributed by atoms with van der Waals surface area (Å²) in [6, 6.07) is 4.26. The number of fused-ring (bicyclic) bond motifs is 1. The molecular formula is C12H14N2O5S. The average Bonchev–Trinajstić information content (AvgIpc) is 3.17. The molecule has 0 radical (unpaired) electrons. The predicted octanol–water partition coefficient (Wildman–Crippen LogP) is -0.179. The van der Waals surface area contributed by atoms with Crippen LogP contribution in [0.15, 0.2) is 23.1 Å². The minimum absolute atomic E-state index is 0.0294. The van der Waals surface area contributed by atoms with E-state index in [0.29, 0.717) is 24.3 Å². The molecule has 1 saturated carbocycles. The van der Waals surface area contributed by atoms with Crippen molar-refractivity contribution in [2.24, 2.45) is 0 Å². The zero-order chi connectivity index (χ0) is 14.4. The highest BCUT2D eigenvalue weighted by molar-refractivity contribution is 7.89. The Kier molecular flexibility index (Phi) is 2.96. The van der Waals surface area contributed by atoms with Crippen molar-refractivity contribution in [3.8, 4) is 5.75 Å². The van der Waals surface area contributed by atoms with Gasteiger partial charge in [0.1, 0.15) is 5.75 Å². The SMILES string of the molecule is O=C1COc2ccc(S(=O)(=O)NC3(CO)CC3)cc2N1. The van der Waals surface area contributed by atoms with Crippen LogP contribution in [0, 0.1) is 0 Å². The molecule has 1 aliphatic heterocycles. The highest BCUT2D eigenvalue weighted by atomic mass is 32.2. The predicted molar refractivity (Wildman–Crippen MR) is 69.9 cm³/mol. The number of benzene rings is 1. The molecule has 1 aromatic carbocycles. The number of aliphatic hydroxyl groups excluding tert-OH is 1. The highest BCUT2D eigenvalue weighted by Crippen LogP contribution is 2.37. The molecule has 20 heavy (non-hydrogen) atoms. The first-order chi connectivity index (χ1) is 9.44. The van der Waals surface area contributed by atoms with Gasteiger partial charge in [0, 0.05) is 0 Å². The van der Waals surface area contributed by atoms with E-state index in [9.17, 15) is 18.3 Å². The van der Waals surface area contributed by atoms with Gasteiger partial charge in [-0.3, -0.25) is 4.79 Å². The minimum atomic E-state index is -3.74. The second-order valence-electron chi connectivity index (χ2n) is 5.04. The van der Waals surface area contributed by atoms with E-state index in [-0.39, 0.29) is 24.0 Å². The maximum Gasteiger partial charge on any atom is 0.262 e. The second-order valence-corrected chi connectivity index (χ2v) is 6.72. The molecule has 108 valence electrons. The van der Waals surface area contributed by atoms with Crippen molar-refractivity contribution in [1.82, 2.24) is 4.72 Å². The van der Waals surface area contributed by atoms with Gasteiger partial charge in [-0.25, -0.2) is 13.1 Å². The summed E-state index contributed by atoms with van der Waals surface area (Å²) >= 11 is 0. The molecule has 7 nitrogen and oxygen atoms in total. The van der Waals surface area contributed by atoms with E-state index in [0.717, 1.165) is 0 Å². The van der Waals surface area contributed by atoms with E-state index < -0.39 is 15.6 Å². The number of ether oxygens (including phenoxy) is 1. The third-order valence-corrected chi connectivity index (χ3v) is 4.98. The normalized spacial score (nSPS) is 19.8. The standard InChI is InChI=1S/C12H14N2O5S/c15-7-12(3-4-12)14-20(17,18)8-1-2-10-9(5-8)13-11(16)6-19-10/h1-2,5,14-15H,3-4,6-7H2,(H,13,16). The molecule has 8 heteroatoms. The van der Waals surface area contributed by atoms with Crippen molar-refractivity contribution in [3.63, 3.8) is 0 Å². The first-order valence-electron chi connectivity index (χ1n) is 6.16. The van der Waals surface area contributed by atoms with Gasteiger partial charge in [0.25, 0.3) is 5.91 Å². The van der Waals surface area contributed by atoms with E-state index >= 15 is 0 Å². The molecule has 1 aliphatic carbocycles. The number of aliphatic hydroxyl groups is 1. The van der Waals surface area contributed by atoms with Crippen LogP contribution in [-0.4, -0.2) is 38.2 Å². The molecule has 0 bridgehead atoms. The van der Waals surface area contributed by atoms with Crippen molar-refractivity contribution < 1.29 is 23.1 Å². The van der Waals surface area contributed by atoms with Gasteiger partial charge in [-0.15, -0.1) is 0 Å². The summed E-state index contributed by atoms with van der Waals surface area (Å²) in [7, 11) is -3.74. The summed E-state index contributed by atoms with van der Waals surface area (Å²) in [5, 5.41) is 11.7. The fourth-order valence-corrected chi connectivity index (χ4v) is 3.49. The van der Waals surface area contributed by atoms with Crippen LogP contribution in [0.25, 0.3) is 0 Å². The second kappa shape index (κ2) is 4.44. The molecule has 0 spiro atoms. The number of anilines is 1. The summed E-state index contributed by atoms with van der Waals surface area (Å²) in [4.78, 5) is 11.3. The molecule has 3 N–H and O–H groups in total. The maximum atomic E-state index is 12.2. The summed E-state index contributed by atoms with van der Waals surface area (Å²) in [6.45, 7) is -0.304. The number of carbonyl (C=O) groups excluding carboxylic acids is 1. The van der Waals surface area contributed by atoms with Crippen LogP contribution >= 0.6 is 0 Å². The lowest BCUT2D eigenvalue weighted by Gasteiger charge is -2.19. The van der Waals surface area contributed by atoms with Crippen LogP contribution in [-0.2, 0) is 14.8 Å². The van der Waals surface area contributed by atoms with Crippen LogP contribution in [0.2, 0.25) is 0 Å². The van der Waals surface area contributed by atoms with E-state index in [1.54, 1.807) is 0 Å². The van der Waals surface area contributed by atoms with E-state index in [1.165, 1.54) is 18.2 Å². The minimum Gasteiger partial charge on any atom is -0.482 e. The van der Waals surface area contributed by atoms with Crippen molar-refractivity contribution in [1.29, 1.82) is 0 Å². The largest absolute Gasteiger partial charge is 0.482 e. The van der Waals surface area contributed by atoms with Gasteiger partial charge in [0.2, 0.25) is 10.0 Å². The zero-order valence-electron chi connectivity index (χ0n) is 10.5. The quantitative estimate of drug-likeness (QED) is 0.715. The van der Waals surface area contributed by atoms with E-state index in [4.69, 9.17) is 4.74 Å². The van der Waals surface area contributed by atoms with Gasteiger partial charge < -0.3 is 15.2 Å². The molecule has 1 heterocycles. The van der Waals surface area contributed by atoms with Crippen LogP contribution in [0.4, 0.5) is 5.69 Å². The van der Waals surface area contributed by atoms with Crippen molar-refractivity contribution in [2.45, 2.75) is 23.3 Å². The molecule has 2 aliphatic rings. The summed E-state index contributed by atoms with van der Waals surface area (Å²) in [5.41, 5.74) is -0.396. The van der Waals surface area contributed by atoms with Gasteiger partial charge in [0.15, 0.2) is 6.61 Å². The topological polar surface area (TPSA) is 105 Å². The van der Waals surface area contributed by atoms with Crippen molar-refractivity contribution >= 4 is 21.6 Å². The Morgan fingerprint density at radius 2 is 2.15 bits per heavy atom. The summed E-state index contributed by atoms with van der Waals surface area (Å²) in [5.74, 6) is 0.112. The molecular weight excluding hydrogens is 284 g/mol. The van der Waals surface area contributed by atoms with Gasteiger partial charge in [-0.05, 0) is 31.0 Å². The average molecular weight is 298 g/mol. The Morgan fingerprint density at radius 1 is 1.40 bits per heavy atom. The third kappa shape index (κ3) is 2.37. The molecule has 1 fully saturated rings. The zero-order valence-corrected chi connectivity index (χ0v) is 11.4. The Labute approximate surface area is 116 Å². The third-order valence-electron chi connectivity index (χ3n) is 3.40. The molecule has 1 amide bonds. The van der Waals surface area contributed by atoms with Crippen LogP contribution < -0.4 is 14.8 Å². The van der Waals surface area contributed by atoms with Crippen LogP contribution in [0.5, 0.6) is 5.75 Å². The Bertz CT molecular complexity index is 666. The van der Waals surface area contributed by atoms with Crippen LogP contribution in [0.1, 0.15) is 12.8 Å².